The second-order valence-electron chi connectivity index (χ2n) is 5.98. The molecule has 1 N–H and O–H groups in total. The third kappa shape index (κ3) is 4.02. The SMILES string of the molecule is CN(C(=O)c1cnn(-c2ccccc2S(C)(=O)=O)c1)C1CCNC1.Cl. The van der Waals surface area contributed by atoms with Crippen molar-refractivity contribution in [1.29, 1.82) is 0 Å². The molecule has 3 rings (SSSR count). The molecule has 0 aliphatic carbocycles. The quantitative estimate of drug-likeness (QED) is 0.854. The van der Waals surface area contributed by atoms with Crippen molar-refractivity contribution in [2.45, 2.75) is 17.4 Å². The van der Waals surface area contributed by atoms with Gasteiger partial charge in [0.05, 0.1) is 22.3 Å². The number of likely N-dealkylation sites (N-methyl/N-ethyl adjacent to an activating group) is 1. The normalized spacial score (nSPS) is 17.1. The van der Waals surface area contributed by atoms with Crippen molar-refractivity contribution in [3.05, 3.63) is 42.2 Å². The molecule has 1 aliphatic heterocycles. The van der Waals surface area contributed by atoms with Crippen LogP contribution in [0.3, 0.4) is 0 Å². The first-order valence-corrected chi connectivity index (χ1v) is 9.59. The molecule has 0 bridgehead atoms. The molecule has 2 aromatic rings. The summed E-state index contributed by atoms with van der Waals surface area (Å²) in [6, 6.07) is 6.77. The van der Waals surface area contributed by atoms with Crippen LogP contribution >= 0.6 is 12.4 Å². The summed E-state index contributed by atoms with van der Waals surface area (Å²) in [5, 5.41) is 7.41. The average Bonchev–Trinajstić information content (AvgIpc) is 3.24. The number of rotatable bonds is 4. The highest BCUT2D eigenvalue weighted by atomic mass is 35.5. The Balaban J connectivity index is 0.00000225. The molecule has 1 amide bonds. The first-order valence-electron chi connectivity index (χ1n) is 7.70. The molecule has 136 valence electrons. The molecule has 1 aromatic carbocycles. The highest BCUT2D eigenvalue weighted by Gasteiger charge is 2.25. The van der Waals surface area contributed by atoms with E-state index in [1.165, 1.54) is 16.9 Å². The highest BCUT2D eigenvalue weighted by Crippen LogP contribution is 2.20. The summed E-state index contributed by atoms with van der Waals surface area (Å²) < 4.78 is 25.3. The average molecular weight is 385 g/mol. The molecular weight excluding hydrogens is 364 g/mol. The Bertz CT molecular complexity index is 860. The number of nitrogens with one attached hydrogen (secondary N) is 1. The number of amides is 1. The summed E-state index contributed by atoms with van der Waals surface area (Å²) in [7, 11) is -1.61. The van der Waals surface area contributed by atoms with Gasteiger partial charge in [0, 0.05) is 32.1 Å². The Morgan fingerprint density at radius 2 is 2.08 bits per heavy atom. The van der Waals surface area contributed by atoms with Crippen molar-refractivity contribution < 1.29 is 13.2 Å². The van der Waals surface area contributed by atoms with Crippen LogP contribution in [0.5, 0.6) is 0 Å². The molecule has 25 heavy (non-hydrogen) atoms. The zero-order valence-corrected chi connectivity index (χ0v) is 15.7. The summed E-state index contributed by atoms with van der Waals surface area (Å²) in [5.74, 6) is -0.119. The summed E-state index contributed by atoms with van der Waals surface area (Å²) in [6.07, 6.45) is 5.13. The second-order valence-corrected chi connectivity index (χ2v) is 7.96. The van der Waals surface area contributed by atoms with Gasteiger partial charge in [0.15, 0.2) is 9.84 Å². The Kier molecular flexibility index (Phi) is 5.87. The minimum Gasteiger partial charge on any atom is -0.337 e. The van der Waals surface area contributed by atoms with Gasteiger partial charge in [-0.05, 0) is 25.1 Å². The highest BCUT2D eigenvalue weighted by molar-refractivity contribution is 7.90. The minimum absolute atomic E-state index is 0. The molecule has 1 aliphatic rings. The van der Waals surface area contributed by atoms with Crippen LogP contribution in [0.1, 0.15) is 16.8 Å². The zero-order valence-electron chi connectivity index (χ0n) is 14.0. The van der Waals surface area contributed by atoms with Gasteiger partial charge in [0.2, 0.25) is 0 Å². The zero-order chi connectivity index (χ0) is 17.3. The van der Waals surface area contributed by atoms with E-state index in [-0.39, 0.29) is 29.3 Å². The fraction of sp³-hybridized carbons (Fsp3) is 0.375. The van der Waals surface area contributed by atoms with Gasteiger partial charge in [-0.1, -0.05) is 12.1 Å². The number of carbonyl (C=O) groups excluding carboxylic acids is 1. The van der Waals surface area contributed by atoms with Gasteiger partial charge in [-0.25, -0.2) is 13.1 Å². The van der Waals surface area contributed by atoms with Crippen LogP contribution in [0.15, 0.2) is 41.6 Å². The Morgan fingerprint density at radius 1 is 1.36 bits per heavy atom. The van der Waals surface area contributed by atoms with Gasteiger partial charge in [0.1, 0.15) is 0 Å². The van der Waals surface area contributed by atoms with E-state index in [1.807, 2.05) is 0 Å². The summed E-state index contributed by atoms with van der Waals surface area (Å²) in [6.45, 7) is 1.69. The number of hydrogen-bond acceptors (Lipinski definition) is 5. The molecule has 0 spiro atoms. The first kappa shape index (κ1) is 19.4. The number of hydrogen-bond donors (Lipinski definition) is 1. The summed E-state index contributed by atoms with van der Waals surface area (Å²) in [5.41, 5.74) is 0.872. The van der Waals surface area contributed by atoms with Crippen molar-refractivity contribution in [3.63, 3.8) is 0 Å². The van der Waals surface area contributed by atoms with Crippen LogP contribution in [-0.4, -0.2) is 61.4 Å². The number of aromatic nitrogens is 2. The van der Waals surface area contributed by atoms with E-state index in [0.29, 0.717) is 11.3 Å². The molecule has 1 aromatic heterocycles. The standard InChI is InChI=1S/C16H20N4O3S.ClH/c1-19(13-7-8-17-10-13)16(21)12-9-18-20(11-12)14-5-3-4-6-15(14)24(2,22)23;/h3-6,9,11,13,17H,7-8,10H2,1-2H3;1H. The third-order valence-electron chi connectivity index (χ3n) is 4.24. The van der Waals surface area contributed by atoms with E-state index in [0.717, 1.165) is 25.8 Å². The minimum atomic E-state index is -3.39. The van der Waals surface area contributed by atoms with Gasteiger partial charge in [-0.15, -0.1) is 12.4 Å². The molecule has 2 heterocycles. The monoisotopic (exact) mass is 384 g/mol. The van der Waals surface area contributed by atoms with Gasteiger partial charge in [-0.2, -0.15) is 5.10 Å². The van der Waals surface area contributed by atoms with Crippen LogP contribution in [0.25, 0.3) is 5.69 Å². The number of benzene rings is 1. The Morgan fingerprint density at radius 3 is 2.72 bits per heavy atom. The van der Waals surface area contributed by atoms with Crippen molar-refractivity contribution in [2.75, 3.05) is 26.4 Å². The largest absolute Gasteiger partial charge is 0.337 e. The van der Waals surface area contributed by atoms with Crippen molar-refractivity contribution >= 4 is 28.2 Å². The molecule has 1 atom stereocenters. The van der Waals surface area contributed by atoms with E-state index in [1.54, 1.807) is 36.3 Å². The van der Waals surface area contributed by atoms with Gasteiger partial charge in [-0.3, -0.25) is 4.79 Å². The maximum Gasteiger partial charge on any atom is 0.257 e. The Hall–Kier alpha value is -1.90. The number of halogens is 1. The van der Waals surface area contributed by atoms with Crippen molar-refractivity contribution in [2.24, 2.45) is 0 Å². The maximum atomic E-state index is 12.6. The van der Waals surface area contributed by atoms with Crippen LogP contribution in [0, 0.1) is 0 Å². The molecule has 0 radical (unpaired) electrons. The fourth-order valence-electron chi connectivity index (χ4n) is 2.86. The molecule has 0 saturated carbocycles. The van der Waals surface area contributed by atoms with Crippen LogP contribution in [0.2, 0.25) is 0 Å². The second kappa shape index (κ2) is 7.55. The third-order valence-corrected chi connectivity index (χ3v) is 5.39. The summed E-state index contributed by atoms with van der Waals surface area (Å²) >= 11 is 0. The molecule has 9 heteroatoms. The van der Waals surface area contributed by atoms with Crippen molar-refractivity contribution in [1.82, 2.24) is 20.0 Å². The molecular formula is C16H21ClN4O3S. The van der Waals surface area contributed by atoms with Crippen LogP contribution in [-0.2, 0) is 9.84 Å². The summed E-state index contributed by atoms with van der Waals surface area (Å²) in [4.78, 5) is 14.5. The van der Waals surface area contributed by atoms with E-state index >= 15 is 0 Å². The molecule has 1 unspecified atom stereocenters. The number of sulfone groups is 1. The lowest BCUT2D eigenvalue weighted by Gasteiger charge is -2.23. The van der Waals surface area contributed by atoms with Gasteiger partial charge >= 0.3 is 0 Å². The lowest BCUT2D eigenvalue weighted by Crippen LogP contribution is -2.38. The number of nitrogens with zero attached hydrogens (tertiary/aromatic N) is 3. The van der Waals surface area contributed by atoms with Gasteiger partial charge in [0.25, 0.3) is 5.91 Å². The van der Waals surface area contributed by atoms with E-state index in [2.05, 4.69) is 10.4 Å². The number of carbonyl (C=O) groups is 1. The van der Waals surface area contributed by atoms with E-state index < -0.39 is 9.84 Å². The maximum absolute atomic E-state index is 12.6. The molecule has 7 nitrogen and oxygen atoms in total. The predicted molar refractivity (Wildman–Crippen MR) is 97.3 cm³/mol. The lowest BCUT2D eigenvalue weighted by atomic mass is 10.2. The smallest absolute Gasteiger partial charge is 0.257 e. The Labute approximate surface area is 153 Å². The van der Waals surface area contributed by atoms with Crippen molar-refractivity contribution in [3.8, 4) is 5.69 Å². The topological polar surface area (TPSA) is 84.3 Å². The van der Waals surface area contributed by atoms with E-state index in [4.69, 9.17) is 0 Å². The van der Waals surface area contributed by atoms with Crippen LogP contribution < -0.4 is 5.32 Å². The first-order chi connectivity index (χ1) is 11.4. The van der Waals surface area contributed by atoms with Crippen LogP contribution in [0.4, 0.5) is 0 Å². The predicted octanol–water partition coefficient (Wildman–Crippen LogP) is 1.13. The molecule has 1 fully saturated rings. The van der Waals surface area contributed by atoms with Gasteiger partial charge < -0.3 is 10.2 Å². The number of para-hydroxylation sites is 1. The fourth-order valence-corrected chi connectivity index (χ4v) is 3.73. The van der Waals surface area contributed by atoms with E-state index in [9.17, 15) is 13.2 Å². The molecule has 1 saturated heterocycles. The lowest BCUT2D eigenvalue weighted by molar-refractivity contribution is 0.0744.